The van der Waals surface area contributed by atoms with Crippen molar-refractivity contribution in [3.63, 3.8) is 0 Å². The van der Waals surface area contributed by atoms with Gasteiger partial charge >= 0.3 is 12.1 Å². The molecule has 12 heteroatoms. The highest BCUT2D eigenvalue weighted by molar-refractivity contribution is 7.81. The number of aromatic hydroxyl groups is 1. The molecule has 1 aliphatic rings. The lowest BCUT2D eigenvalue weighted by Crippen LogP contribution is -2.45. The van der Waals surface area contributed by atoms with Crippen LogP contribution in [0.1, 0.15) is 88.3 Å². The van der Waals surface area contributed by atoms with Crippen molar-refractivity contribution in [1.82, 2.24) is 0 Å². The summed E-state index contributed by atoms with van der Waals surface area (Å²) in [5, 5.41) is 22.0. The fourth-order valence-corrected chi connectivity index (χ4v) is 5.57. The Balaban J connectivity index is 1.67. The van der Waals surface area contributed by atoms with Crippen molar-refractivity contribution in [2.75, 3.05) is 13.7 Å². The van der Waals surface area contributed by atoms with Crippen molar-refractivity contribution in [2.45, 2.75) is 57.7 Å². The van der Waals surface area contributed by atoms with Gasteiger partial charge in [0.1, 0.15) is 16.9 Å². The van der Waals surface area contributed by atoms with E-state index in [2.05, 4.69) is 0 Å². The molecule has 2 N–H and O–H groups in total. The van der Waals surface area contributed by atoms with E-state index in [1.165, 1.54) is 43.4 Å². The van der Waals surface area contributed by atoms with Gasteiger partial charge in [-0.15, -0.1) is 0 Å². The van der Waals surface area contributed by atoms with E-state index in [1.54, 1.807) is 18.2 Å². The Morgan fingerprint density at radius 3 is 2.59 bits per heavy atom. The molecule has 0 spiro atoms. The lowest BCUT2D eigenvalue weighted by molar-refractivity contribution is -0.137. The third-order valence-electron chi connectivity index (χ3n) is 7.79. The molecule has 4 rings (SSSR count). The minimum atomic E-state index is -4.69. The van der Waals surface area contributed by atoms with Crippen molar-refractivity contribution in [2.24, 2.45) is 0 Å². The van der Waals surface area contributed by atoms with Crippen LogP contribution in [0.2, 0.25) is 0 Å². The number of aryl methyl sites for hydroxylation is 1. The van der Waals surface area contributed by atoms with Crippen LogP contribution in [0.3, 0.4) is 0 Å². The topological polar surface area (TPSA) is 123 Å². The number of methoxy groups -OCH3 is 1. The van der Waals surface area contributed by atoms with E-state index in [1.807, 2.05) is 6.92 Å². The molecule has 0 fully saturated rings. The average molecular weight is 697 g/mol. The Bertz CT molecular complexity index is 1990. The number of carbonyl (C=O) groups excluding carboxylic acids is 2. The zero-order valence-corrected chi connectivity index (χ0v) is 27.8. The van der Waals surface area contributed by atoms with Crippen LogP contribution in [0.4, 0.5) is 13.2 Å². The lowest BCUT2D eigenvalue weighted by Gasteiger charge is -2.22. The Morgan fingerprint density at radius 1 is 1.16 bits per heavy atom. The number of halogens is 3. The number of phenolic OH excluding ortho intramolecular Hbond substituents is 1. The van der Waals surface area contributed by atoms with Gasteiger partial charge in [0, 0.05) is 17.2 Å². The number of benzene rings is 2. The standard InChI is InChI=1S/C37H35F3O8S/c1-4-10-22-18-25(19-29(21(2)41)33(22)43)47-16-8-6-5-7-13-28(32(42)23-11-9-12-24(17-23)37(38,39)40)31-34(44)27-15-14-26(49)20-30(27)48-35(31)36(45)46-3/h5-7,9,11-13,15,17-20,28,32,42-43H,4,8,10,14,16H2,1-3H3/b6-5-,13-7+/t28-,32-/m0/s1. The smallest absolute Gasteiger partial charge is 0.416 e. The number of rotatable bonds is 13. The summed E-state index contributed by atoms with van der Waals surface area (Å²) in [7, 11) is 1.08. The molecule has 2 atom stereocenters. The first-order valence-corrected chi connectivity index (χ1v) is 15.9. The number of esters is 1. The maximum absolute atomic E-state index is 13.9. The summed E-state index contributed by atoms with van der Waals surface area (Å²) in [4.78, 5) is 39.2. The third-order valence-corrected chi connectivity index (χ3v) is 8.07. The first-order chi connectivity index (χ1) is 23.3. The quantitative estimate of drug-likeness (QED) is 0.0724. The number of Topliss-reactive ketones (excluding diaryl/α,β-unsaturated/α-hetero) is 1. The molecule has 49 heavy (non-hydrogen) atoms. The number of ketones is 1. The van der Waals surface area contributed by atoms with Crippen molar-refractivity contribution >= 4 is 41.0 Å². The van der Waals surface area contributed by atoms with Gasteiger partial charge in [0.25, 0.3) is 0 Å². The maximum atomic E-state index is 13.9. The van der Waals surface area contributed by atoms with Gasteiger partial charge in [-0.1, -0.05) is 68.1 Å². The van der Waals surface area contributed by atoms with E-state index in [0.717, 1.165) is 31.7 Å². The van der Waals surface area contributed by atoms with Gasteiger partial charge in [-0.3, -0.25) is 9.59 Å². The summed E-state index contributed by atoms with van der Waals surface area (Å²) >= 11 is 5.21. The Morgan fingerprint density at radius 2 is 1.92 bits per heavy atom. The molecule has 0 aliphatic heterocycles. The van der Waals surface area contributed by atoms with Gasteiger partial charge < -0.3 is 24.1 Å². The van der Waals surface area contributed by atoms with Gasteiger partial charge in [0.15, 0.2) is 11.2 Å². The molecule has 3 aromatic rings. The molecule has 0 amide bonds. The molecule has 0 unspecified atom stereocenters. The summed E-state index contributed by atoms with van der Waals surface area (Å²) < 4.78 is 57.1. The highest BCUT2D eigenvalue weighted by atomic mass is 32.1. The zero-order valence-electron chi connectivity index (χ0n) is 27.0. The largest absolute Gasteiger partial charge is 0.507 e. The van der Waals surface area contributed by atoms with Crippen molar-refractivity contribution < 1.29 is 46.9 Å². The first-order valence-electron chi connectivity index (χ1n) is 15.4. The van der Waals surface area contributed by atoms with Crippen LogP contribution in [-0.4, -0.2) is 40.5 Å². The zero-order chi connectivity index (χ0) is 35.9. The summed E-state index contributed by atoms with van der Waals surface area (Å²) in [6.45, 7) is 3.50. The van der Waals surface area contributed by atoms with Gasteiger partial charge in [0.05, 0.1) is 41.7 Å². The molecular weight excluding hydrogens is 661 g/mol. The van der Waals surface area contributed by atoms with Gasteiger partial charge in [-0.2, -0.15) is 13.2 Å². The number of phenols is 1. The van der Waals surface area contributed by atoms with E-state index in [-0.39, 0.29) is 51.9 Å². The van der Waals surface area contributed by atoms with E-state index < -0.39 is 40.9 Å². The number of aliphatic hydroxyl groups is 1. The molecule has 1 aromatic heterocycles. The van der Waals surface area contributed by atoms with E-state index in [4.69, 9.17) is 26.1 Å². The number of aliphatic hydroxyl groups excluding tert-OH is 1. The molecule has 2 aromatic carbocycles. The monoisotopic (exact) mass is 696 g/mol. The fraction of sp³-hybridized carbons (Fsp3) is 0.297. The molecule has 0 saturated carbocycles. The van der Waals surface area contributed by atoms with E-state index in [0.29, 0.717) is 29.0 Å². The Kier molecular flexibility index (Phi) is 12.1. The van der Waals surface area contributed by atoms with Crippen LogP contribution >= 0.6 is 12.2 Å². The second-order valence-corrected chi connectivity index (χ2v) is 11.8. The van der Waals surface area contributed by atoms with Gasteiger partial charge in [-0.25, -0.2) is 4.79 Å². The number of ether oxygens (including phenoxy) is 2. The van der Waals surface area contributed by atoms with Crippen molar-refractivity contribution in [3.8, 4) is 11.5 Å². The van der Waals surface area contributed by atoms with Crippen LogP contribution in [0, 0.1) is 0 Å². The summed E-state index contributed by atoms with van der Waals surface area (Å²) in [6, 6.07) is 7.22. The molecule has 258 valence electrons. The van der Waals surface area contributed by atoms with Crippen molar-refractivity contribution in [1.29, 1.82) is 0 Å². The number of hydrogen-bond donors (Lipinski definition) is 2. The van der Waals surface area contributed by atoms with Crippen LogP contribution in [0.15, 0.2) is 69.9 Å². The van der Waals surface area contributed by atoms with E-state index in [9.17, 15) is 37.8 Å². The minimum Gasteiger partial charge on any atom is -0.507 e. The lowest BCUT2D eigenvalue weighted by atomic mass is 9.86. The first kappa shape index (κ1) is 37.0. The molecule has 0 radical (unpaired) electrons. The second-order valence-electron chi connectivity index (χ2n) is 11.3. The van der Waals surface area contributed by atoms with Crippen molar-refractivity contribution in [3.05, 3.63) is 115 Å². The van der Waals surface area contributed by atoms with E-state index >= 15 is 0 Å². The predicted octanol–water partition coefficient (Wildman–Crippen LogP) is 6.04. The molecule has 0 bridgehead atoms. The molecule has 0 saturated heterocycles. The van der Waals surface area contributed by atoms with Crippen LogP contribution < -0.4 is 20.8 Å². The average Bonchev–Trinajstić information content (AvgIpc) is 3.06. The number of thiocarbonyl (C=S) groups is 1. The number of hydrogen-bond acceptors (Lipinski definition) is 9. The van der Waals surface area contributed by atoms with Crippen LogP contribution in [-0.2, 0) is 17.3 Å². The number of alkyl halides is 3. The molecule has 8 nitrogen and oxygen atoms in total. The highest BCUT2D eigenvalue weighted by Gasteiger charge is 2.34. The predicted molar refractivity (Wildman–Crippen MR) is 181 cm³/mol. The Labute approximate surface area is 285 Å². The Hall–Kier alpha value is -4.81. The van der Waals surface area contributed by atoms with Gasteiger partial charge in [-0.05, 0) is 61.2 Å². The molecule has 1 heterocycles. The number of allylic oxidation sites excluding steroid dienone is 2. The summed E-state index contributed by atoms with van der Waals surface area (Å²) in [6.07, 6.45) is 4.69. The van der Waals surface area contributed by atoms with Crippen LogP contribution in [0.25, 0.3) is 12.2 Å². The number of fused-ring (bicyclic) bond motifs is 1. The summed E-state index contributed by atoms with van der Waals surface area (Å²) in [5.74, 6) is -2.82. The molecular formula is C37H35F3O8S. The maximum Gasteiger partial charge on any atom is 0.416 e. The second kappa shape index (κ2) is 16.1. The number of carbonyl (C=O) groups is 2. The normalized spacial score (nSPS) is 14.2. The SMILES string of the molecule is CCCc1cc(OCC/C=C\C=C\[C@@H](c2c(C(=O)OC)oc3c(c2=O)=CCC(=S)C=3)[C@@H](O)c2cccc(C(F)(F)F)c2)cc(C(C)=O)c1O. The molecule has 1 aliphatic carbocycles. The highest BCUT2D eigenvalue weighted by Crippen LogP contribution is 2.36. The van der Waals surface area contributed by atoms with Crippen LogP contribution in [0.5, 0.6) is 11.5 Å². The summed E-state index contributed by atoms with van der Waals surface area (Å²) in [5.41, 5.74) is -1.30. The van der Waals surface area contributed by atoms with Gasteiger partial charge in [0.2, 0.25) is 5.76 Å². The minimum absolute atomic E-state index is 0.0347. The fourth-order valence-electron chi connectivity index (χ4n) is 5.38. The third kappa shape index (κ3) is 8.81.